The molecule has 0 bridgehead atoms. The van der Waals surface area contributed by atoms with Gasteiger partial charge in [0.15, 0.2) is 5.82 Å². The molecule has 1 N–H and O–H groups in total. The van der Waals surface area contributed by atoms with Gasteiger partial charge < -0.3 is 9.84 Å². The monoisotopic (exact) mass is 409 g/mol. The summed E-state index contributed by atoms with van der Waals surface area (Å²) in [4.78, 5) is 11.3. The highest BCUT2D eigenvalue weighted by molar-refractivity contribution is 6.32. The molecule has 1 atom stereocenters. The highest BCUT2D eigenvalue weighted by atomic mass is 35.5. The molecule has 0 amide bonds. The van der Waals surface area contributed by atoms with Crippen molar-refractivity contribution in [1.29, 1.82) is 0 Å². The van der Waals surface area contributed by atoms with Crippen LogP contribution >= 0.6 is 24.0 Å². The average molecular weight is 410 g/mol. The smallest absolute Gasteiger partial charge is 0.297 e. The maximum absolute atomic E-state index is 6.31. The molecule has 10 heteroatoms. The van der Waals surface area contributed by atoms with Gasteiger partial charge in [0.05, 0.1) is 16.8 Å². The zero-order valence-corrected chi connectivity index (χ0v) is 16.7. The zero-order valence-electron chi connectivity index (χ0n) is 15.1. The number of hydrogen-bond donors (Lipinski definition) is 1. The fourth-order valence-electron chi connectivity index (χ4n) is 3.04. The van der Waals surface area contributed by atoms with Gasteiger partial charge in [0, 0.05) is 26.1 Å². The van der Waals surface area contributed by atoms with Crippen molar-refractivity contribution in [2.75, 3.05) is 26.7 Å². The molecule has 0 radical (unpaired) electrons. The van der Waals surface area contributed by atoms with Crippen LogP contribution in [-0.4, -0.2) is 56.5 Å². The summed E-state index contributed by atoms with van der Waals surface area (Å²) in [7, 11) is 2.06. The van der Waals surface area contributed by atoms with Crippen molar-refractivity contribution in [2.24, 2.45) is 0 Å². The average Bonchev–Trinajstić information content (AvgIpc) is 3.29. The lowest BCUT2D eigenvalue weighted by Crippen LogP contribution is -2.44. The number of hydrogen-bond acceptors (Lipinski definition) is 7. The van der Waals surface area contributed by atoms with Crippen LogP contribution in [0, 0.1) is 0 Å². The van der Waals surface area contributed by atoms with Crippen LogP contribution in [0.15, 0.2) is 28.8 Å². The lowest BCUT2D eigenvalue weighted by Gasteiger charge is -2.30. The first-order valence-electron chi connectivity index (χ1n) is 8.63. The summed E-state index contributed by atoms with van der Waals surface area (Å²) in [5.41, 5.74) is 0.778. The van der Waals surface area contributed by atoms with Crippen LogP contribution in [0.25, 0.3) is 17.4 Å². The fourth-order valence-corrected chi connectivity index (χ4v) is 3.25. The van der Waals surface area contributed by atoms with E-state index in [-0.39, 0.29) is 18.4 Å². The molecule has 1 aromatic carbocycles. The molecule has 2 aromatic heterocycles. The van der Waals surface area contributed by atoms with E-state index in [2.05, 4.69) is 37.5 Å². The van der Waals surface area contributed by atoms with E-state index in [1.165, 1.54) is 0 Å². The molecule has 27 heavy (non-hydrogen) atoms. The summed E-state index contributed by atoms with van der Waals surface area (Å²) in [6.45, 7) is 4.70. The van der Waals surface area contributed by atoms with Gasteiger partial charge >= 0.3 is 0 Å². The van der Waals surface area contributed by atoms with Crippen molar-refractivity contribution < 1.29 is 4.52 Å². The number of nitrogens with one attached hydrogen (secondary N) is 1. The third-order valence-corrected chi connectivity index (χ3v) is 4.83. The predicted octanol–water partition coefficient (Wildman–Crippen LogP) is 2.53. The number of aromatic nitrogens is 5. The molecular weight excluding hydrogens is 389 g/mol. The minimum Gasteiger partial charge on any atom is -0.330 e. The molecule has 8 nitrogen and oxygen atoms in total. The Morgan fingerprint density at radius 1 is 1.30 bits per heavy atom. The highest BCUT2D eigenvalue weighted by Crippen LogP contribution is 2.24. The molecule has 1 fully saturated rings. The first-order chi connectivity index (χ1) is 12.7. The second-order valence-electron chi connectivity index (χ2n) is 6.23. The van der Waals surface area contributed by atoms with E-state index in [9.17, 15) is 0 Å². The van der Waals surface area contributed by atoms with Crippen molar-refractivity contribution in [1.82, 2.24) is 35.1 Å². The van der Waals surface area contributed by atoms with E-state index in [1.54, 1.807) is 4.68 Å². The zero-order chi connectivity index (χ0) is 18.1. The van der Waals surface area contributed by atoms with Crippen LogP contribution in [0.4, 0.5) is 0 Å². The molecule has 0 aliphatic carbocycles. The third-order valence-electron chi connectivity index (χ3n) is 4.51. The van der Waals surface area contributed by atoms with Crippen molar-refractivity contribution in [3.05, 3.63) is 40.9 Å². The number of para-hydroxylation sites is 1. The van der Waals surface area contributed by atoms with Crippen molar-refractivity contribution in [2.45, 2.75) is 19.4 Å². The number of piperazine rings is 1. The SMILES string of the molecule is CCc1nc(-c2nc(C3CNCCN3C)no2)nn1-c1ccccc1Cl.Cl. The third kappa shape index (κ3) is 3.84. The Bertz CT molecular complexity index is 910. The van der Waals surface area contributed by atoms with E-state index in [4.69, 9.17) is 16.1 Å². The van der Waals surface area contributed by atoms with E-state index in [0.29, 0.717) is 29.0 Å². The molecule has 1 saturated heterocycles. The molecule has 0 spiro atoms. The van der Waals surface area contributed by atoms with E-state index in [1.807, 2.05) is 31.2 Å². The fraction of sp³-hybridized carbons (Fsp3) is 0.412. The lowest BCUT2D eigenvalue weighted by atomic mass is 10.2. The predicted molar refractivity (Wildman–Crippen MR) is 105 cm³/mol. The number of rotatable bonds is 4. The van der Waals surface area contributed by atoms with Gasteiger partial charge in [0.1, 0.15) is 5.82 Å². The molecule has 1 unspecified atom stereocenters. The largest absolute Gasteiger partial charge is 0.330 e. The second kappa shape index (κ2) is 8.35. The molecule has 1 aliphatic rings. The van der Waals surface area contributed by atoms with Gasteiger partial charge in [-0.15, -0.1) is 17.5 Å². The Hall–Kier alpha value is -2.00. The van der Waals surface area contributed by atoms with Gasteiger partial charge in [-0.1, -0.05) is 35.8 Å². The number of benzene rings is 1. The maximum atomic E-state index is 6.31. The van der Waals surface area contributed by atoms with Crippen LogP contribution in [0.2, 0.25) is 5.02 Å². The van der Waals surface area contributed by atoms with Crippen molar-refractivity contribution in [3.8, 4) is 17.4 Å². The molecular formula is C17H21Cl2N7O. The molecule has 0 saturated carbocycles. The topological polar surface area (TPSA) is 84.9 Å². The van der Waals surface area contributed by atoms with Gasteiger partial charge in [-0.2, -0.15) is 4.98 Å². The maximum Gasteiger partial charge on any atom is 0.297 e. The van der Waals surface area contributed by atoms with Crippen LogP contribution in [0.3, 0.4) is 0 Å². The van der Waals surface area contributed by atoms with Crippen molar-refractivity contribution in [3.63, 3.8) is 0 Å². The summed E-state index contributed by atoms with van der Waals surface area (Å²) < 4.78 is 7.18. The Morgan fingerprint density at radius 2 is 2.11 bits per heavy atom. The Labute approximate surface area is 168 Å². The van der Waals surface area contributed by atoms with Gasteiger partial charge in [-0.3, -0.25) is 4.90 Å². The quantitative estimate of drug-likeness (QED) is 0.708. The van der Waals surface area contributed by atoms with Gasteiger partial charge in [0.25, 0.3) is 5.89 Å². The Balaban J connectivity index is 0.00000210. The molecule has 3 heterocycles. The van der Waals surface area contributed by atoms with E-state index in [0.717, 1.165) is 31.1 Å². The summed E-state index contributed by atoms with van der Waals surface area (Å²) in [5, 5.41) is 12.7. The van der Waals surface area contributed by atoms with Crippen LogP contribution in [0.1, 0.15) is 24.6 Å². The van der Waals surface area contributed by atoms with Gasteiger partial charge in [0.2, 0.25) is 5.82 Å². The minimum absolute atomic E-state index is 0. The summed E-state index contributed by atoms with van der Waals surface area (Å²) in [6.07, 6.45) is 0.703. The van der Waals surface area contributed by atoms with E-state index < -0.39 is 0 Å². The standard InChI is InChI=1S/C17H20ClN7O.ClH/c1-3-14-20-16(22-25(14)12-7-5-4-6-11(12)18)17-21-15(23-26-17)13-10-19-8-9-24(13)2;/h4-7,13,19H,3,8-10H2,1-2H3;1H. The first-order valence-corrected chi connectivity index (χ1v) is 9.01. The Morgan fingerprint density at radius 3 is 2.85 bits per heavy atom. The van der Waals surface area contributed by atoms with Crippen LogP contribution < -0.4 is 5.32 Å². The van der Waals surface area contributed by atoms with Crippen LogP contribution in [-0.2, 0) is 6.42 Å². The molecule has 1 aliphatic heterocycles. The van der Waals surface area contributed by atoms with Gasteiger partial charge in [-0.05, 0) is 19.2 Å². The molecule has 3 aromatic rings. The normalized spacial score (nSPS) is 17.7. The number of aryl methyl sites for hydroxylation is 1. The number of nitrogens with zero attached hydrogens (tertiary/aromatic N) is 6. The Kier molecular flexibility index (Phi) is 6.11. The van der Waals surface area contributed by atoms with Crippen LogP contribution in [0.5, 0.6) is 0 Å². The van der Waals surface area contributed by atoms with Gasteiger partial charge in [-0.25, -0.2) is 9.67 Å². The highest BCUT2D eigenvalue weighted by Gasteiger charge is 2.27. The van der Waals surface area contributed by atoms with E-state index >= 15 is 0 Å². The number of likely N-dealkylation sites (N-methyl/N-ethyl adjacent to an activating group) is 1. The minimum atomic E-state index is 0. The van der Waals surface area contributed by atoms with Crippen molar-refractivity contribution >= 4 is 24.0 Å². The number of halogens is 2. The summed E-state index contributed by atoms with van der Waals surface area (Å²) in [6, 6.07) is 7.61. The molecule has 4 rings (SSSR count). The summed E-state index contributed by atoms with van der Waals surface area (Å²) >= 11 is 6.31. The second-order valence-corrected chi connectivity index (χ2v) is 6.63. The molecule has 144 valence electrons. The lowest BCUT2D eigenvalue weighted by molar-refractivity contribution is 0.190. The first kappa shape index (κ1) is 19.8. The summed E-state index contributed by atoms with van der Waals surface area (Å²) in [5.74, 6) is 2.15.